The molecule has 0 heterocycles. The van der Waals surface area contributed by atoms with Gasteiger partial charge in [0.2, 0.25) is 11.8 Å². The Labute approximate surface area is 103 Å². The Bertz CT molecular complexity index is 305. The maximum absolute atomic E-state index is 11.8. The summed E-state index contributed by atoms with van der Waals surface area (Å²) in [6.45, 7) is 1.61. The smallest absolute Gasteiger partial charge is 0.345 e. The molecule has 0 aromatic heterocycles. The van der Waals surface area contributed by atoms with Crippen molar-refractivity contribution < 1.29 is 22.8 Å². The zero-order valence-corrected chi connectivity index (χ0v) is 10.5. The molecule has 0 saturated heterocycles. The lowest BCUT2D eigenvalue weighted by molar-refractivity contribution is -0.142. The third-order valence-electron chi connectivity index (χ3n) is 2.25. The fraction of sp³-hybridized carbons (Fsp3) is 0.800. The van der Waals surface area contributed by atoms with Crippen LogP contribution in [0.5, 0.6) is 0 Å². The predicted molar refractivity (Wildman–Crippen MR) is 59.5 cm³/mol. The molecule has 0 aromatic rings. The molecule has 0 fully saturated rings. The van der Waals surface area contributed by atoms with Crippen molar-refractivity contribution in [2.75, 3.05) is 20.1 Å². The number of hydrogen-bond acceptors (Lipinski definition) is 3. The van der Waals surface area contributed by atoms with Crippen LogP contribution >= 0.6 is 0 Å². The summed E-state index contributed by atoms with van der Waals surface area (Å²) in [5, 5.41) is 1.68. The highest BCUT2D eigenvalue weighted by Gasteiger charge is 2.28. The van der Waals surface area contributed by atoms with Crippen molar-refractivity contribution >= 4 is 11.8 Å². The van der Waals surface area contributed by atoms with E-state index in [1.807, 2.05) is 0 Å². The van der Waals surface area contributed by atoms with E-state index in [1.54, 1.807) is 19.2 Å². The maximum atomic E-state index is 11.8. The van der Waals surface area contributed by atoms with Gasteiger partial charge in [-0.25, -0.2) is 0 Å². The minimum atomic E-state index is -4.47. The van der Waals surface area contributed by atoms with E-state index in [0.717, 1.165) is 4.90 Å². The average molecular weight is 269 g/mol. The fourth-order valence-corrected chi connectivity index (χ4v) is 1.09. The first-order chi connectivity index (χ1) is 8.04. The van der Waals surface area contributed by atoms with Gasteiger partial charge in [0.05, 0.1) is 12.6 Å². The first-order valence-corrected chi connectivity index (χ1v) is 5.38. The number of nitrogens with zero attached hydrogens (tertiary/aromatic N) is 1. The molecule has 8 heteroatoms. The van der Waals surface area contributed by atoms with Gasteiger partial charge in [0.1, 0.15) is 6.54 Å². The second kappa shape index (κ2) is 6.58. The summed E-state index contributed by atoms with van der Waals surface area (Å²) in [6, 6.07) is -0.773. The molecule has 0 unspecified atom stereocenters. The van der Waals surface area contributed by atoms with Gasteiger partial charge >= 0.3 is 6.18 Å². The summed E-state index contributed by atoms with van der Waals surface area (Å²) in [7, 11) is 1.32. The van der Waals surface area contributed by atoms with E-state index in [0.29, 0.717) is 0 Å². The maximum Gasteiger partial charge on any atom is 0.405 e. The molecule has 106 valence electrons. The molecule has 3 N–H and O–H groups in total. The van der Waals surface area contributed by atoms with Crippen LogP contribution in [0.1, 0.15) is 13.8 Å². The molecule has 0 aromatic carbocycles. The van der Waals surface area contributed by atoms with E-state index < -0.39 is 37.1 Å². The Kier molecular flexibility index (Phi) is 6.10. The minimum absolute atomic E-state index is 0.113. The van der Waals surface area contributed by atoms with E-state index in [9.17, 15) is 22.8 Å². The van der Waals surface area contributed by atoms with Crippen LogP contribution in [0.3, 0.4) is 0 Å². The van der Waals surface area contributed by atoms with E-state index in [1.165, 1.54) is 7.05 Å². The van der Waals surface area contributed by atoms with Crippen molar-refractivity contribution in [3.8, 4) is 0 Å². The van der Waals surface area contributed by atoms with Crippen molar-refractivity contribution in [1.82, 2.24) is 10.2 Å². The number of hydrogen-bond donors (Lipinski definition) is 2. The molecule has 0 aliphatic heterocycles. The van der Waals surface area contributed by atoms with Gasteiger partial charge in [0.25, 0.3) is 0 Å². The van der Waals surface area contributed by atoms with Gasteiger partial charge in [0, 0.05) is 7.05 Å². The highest BCUT2D eigenvalue weighted by atomic mass is 19.4. The number of carbonyl (C=O) groups is 2. The van der Waals surface area contributed by atoms with Crippen LogP contribution in [-0.2, 0) is 9.59 Å². The molecule has 0 aliphatic carbocycles. The third-order valence-corrected chi connectivity index (χ3v) is 2.25. The summed E-state index contributed by atoms with van der Waals surface area (Å²) in [4.78, 5) is 23.8. The first-order valence-electron chi connectivity index (χ1n) is 5.38. The summed E-state index contributed by atoms with van der Waals surface area (Å²) >= 11 is 0. The molecule has 0 aliphatic rings. The Hall–Kier alpha value is -1.31. The van der Waals surface area contributed by atoms with Crippen LogP contribution in [0.25, 0.3) is 0 Å². The molecule has 0 saturated carbocycles. The molecule has 0 bridgehead atoms. The van der Waals surface area contributed by atoms with Crippen LogP contribution in [0.4, 0.5) is 13.2 Å². The number of alkyl halides is 3. The lowest BCUT2D eigenvalue weighted by atomic mass is 10.0. The van der Waals surface area contributed by atoms with Crippen LogP contribution in [0.15, 0.2) is 0 Å². The van der Waals surface area contributed by atoms with E-state index >= 15 is 0 Å². The molecule has 18 heavy (non-hydrogen) atoms. The van der Waals surface area contributed by atoms with Crippen LogP contribution in [0.2, 0.25) is 0 Å². The third kappa shape index (κ3) is 6.43. The predicted octanol–water partition coefficient (Wildman–Crippen LogP) is 0.107. The quantitative estimate of drug-likeness (QED) is 0.743. The van der Waals surface area contributed by atoms with Crippen molar-refractivity contribution in [3.05, 3.63) is 0 Å². The highest BCUT2D eigenvalue weighted by Crippen LogP contribution is 2.12. The number of amides is 2. The Morgan fingerprint density at radius 2 is 1.83 bits per heavy atom. The normalized spacial score (nSPS) is 13.3. The van der Waals surface area contributed by atoms with Crippen molar-refractivity contribution in [1.29, 1.82) is 0 Å². The zero-order chi connectivity index (χ0) is 14.5. The summed E-state index contributed by atoms with van der Waals surface area (Å²) < 4.78 is 35.5. The monoisotopic (exact) mass is 269 g/mol. The number of carbonyl (C=O) groups excluding carboxylic acids is 2. The summed E-state index contributed by atoms with van der Waals surface area (Å²) in [6.07, 6.45) is -4.47. The second-order valence-electron chi connectivity index (χ2n) is 4.36. The first kappa shape index (κ1) is 16.7. The summed E-state index contributed by atoms with van der Waals surface area (Å²) in [5.41, 5.74) is 5.58. The molecule has 0 rings (SSSR count). The van der Waals surface area contributed by atoms with Gasteiger partial charge in [-0.3, -0.25) is 9.59 Å². The Balaban J connectivity index is 4.19. The Morgan fingerprint density at radius 3 is 2.22 bits per heavy atom. The molecule has 5 nitrogen and oxygen atoms in total. The van der Waals surface area contributed by atoms with Crippen molar-refractivity contribution in [2.24, 2.45) is 11.7 Å². The van der Waals surface area contributed by atoms with Gasteiger partial charge in [0.15, 0.2) is 0 Å². The topological polar surface area (TPSA) is 75.4 Å². The lowest BCUT2D eigenvalue weighted by Gasteiger charge is -2.23. The molecular weight excluding hydrogens is 251 g/mol. The average Bonchev–Trinajstić information content (AvgIpc) is 2.23. The zero-order valence-electron chi connectivity index (χ0n) is 10.5. The molecule has 2 amide bonds. The molecular formula is C10H18F3N3O2. The Morgan fingerprint density at radius 1 is 1.33 bits per heavy atom. The van der Waals surface area contributed by atoms with Crippen LogP contribution in [0, 0.1) is 5.92 Å². The van der Waals surface area contributed by atoms with Gasteiger partial charge in [-0.2, -0.15) is 13.2 Å². The molecule has 1 atom stereocenters. The van der Waals surface area contributed by atoms with Crippen LogP contribution < -0.4 is 11.1 Å². The van der Waals surface area contributed by atoms with Gasteiger partial charge in [-0.15, -0.1) is 0 Å². The van der Waals surface area contributed by atoms with E-state index in [2.05, 4.69) is 0 Å². The number of nitrogens with two attached hydrogens (primary N) is 1. The van der Waals surface area contributed by atoms with E-state index in [-0.39, 0.29) is 5.92 Å². The van der Waals surface area contributed by atoms with Gasteiger partial charge < -0.3 is 16.0 Å². The SMILES string of the molecule is CC(C)[C@H](N)C(=O)N(C)CC(=O)NCC(F)(F)F. The number of rotatable bonds is 5. The van der Waals surface area contributed by atoms with Gasteiger partial charge in [-0.1, -0.05) is 13.8 Å². The number of nitrogens with one attached hydrogen (secondary N) is 1. The standard InChI is InChI=1S/C10H18F3N3O2/c1-6(2)8(14)9(18)16(3)4-7(17)15-5-10(11,12)13/h6,8H,4-5,14H2,1-3H3,(H,15,17)/t8-/m0/s1. The summed E-state index contributed by atoms with van der Waals surface area (Å²) in [5.74, 6) is -1.47. The van der Waals surface area contributed by atoms with Crippen LogP contribution in [-0.4, -0.2) is 49.1 Å². The number of halogens is 3. The lowest BCUT2D eigenvalue weighted by Crippen LogP contribution is -2.48. The minimum Gasteiger partial charge on any atom is -0.345 e. The van der Waals surface area contributed by atoms with Gasteiger partial charge in [-0.05, 0) is 5.92 Å². The fourth-order valence-electron chi connectivity index (χ4n) is 1.09. The van der Waals surface area contributed by atoms with Crippen molar-refractivity contribution in [3.63, 3.8) is 0 Å². The largest absolute Gasteiger partial charge is 0.405 e. The molecule has 0 radical (unpaired) electrons. The van der Waals surface area contributed by atoms with Crippen molar-refractivity contribution in [2.45, 2.75) is 26.1 Å². The highest BCUT2D eigenvalue weighted by molar-refractivity contribution is 5.87. The second-order valence-corrected chi connectivity index (χ2v) is 4.36. The molecule has 0 spiro atoms. The number of likely N-dealkylation sites (N-methyl/N-ethyl adjacent to an activating group) is 1. The van der Waals surface area contributed by atoms with E-state index in [4.69, 9.17) is 5.73 Å².